The predicted octanol–water partition coefficient (Wildman–Crippen LogP) is 4.81. The lowest BCUT2D eigenvalue weighted by Gasteiger charge is -2.14. The summed E-state index contributed by atoms with van der Waals surface area (Å²) in [6.45, 7) is 4.88. The molecule has 3 aromatic rings. The lowest BCUT2D eigenvalue weighted by molar-refractivity contribution is 0.288. The maximum Gasteiger partial charge on any atom is 0.224 e. The van der Waals surface area contributed by atoms with Gasteiger partial charge in [-0.05, 0) is 49.7 Å². The fourth-order valence-corrected chi connectivity index (χ4v) is 2.74. The second-order valence-electron chi connectivity index (χ2n) is 5.37. The number of hydrogen-bond donors (Lipinski definition) is 1. The van der Waals surface area contributed by atoms with Crippen LogP contribution in [0.25, 0.3) is 10.9 Å². The van der Waals surface area contributed by atoms with Crippen LogP contribution in [0.2, 0.25) is 5.28 Å². The highest BCUT2D eigenvalue weighted by molar-refractivity contribution is 6.28. The monoisotopic (exact) mass is 367 g/mol. The van der Waals surface area contributed by atoms with Crippen LogP contribution in [-0.4, -0.2) is 23.2 Å². The molecule has 0 atom stereocenters. The van der Waals surface area contributed by atoms with Crippen molar-refractivity contribution in [3.8, 4) is 23.8 Å². The second kappa shape index (κ2) is 7.94. The fraction of sp³-hybridized carbons (Fsp3) is 0.200. The number of halogens is 1. The van der Waals surface area contributed by atoms with Crippen LogP contribution in [0.5, 0.6) is 11.5 Å². The molecule has 0 saturated carbocycles. The van der Waals surface area contributed by atoms with E-state index in [1.54, 1.807) is 6.07 Å². The normalized spacial score (nSPS) is 10.4. The lowest BCUT2D eigenvalue weighted by atomic mass is 10.2. The number of benzene rings is 2. The van der Waals surface area contributed by atoms with Crippen molar-refractivity contribution in [2.75, 3.05) is 18.5 Å². The minimum absolute atomic E-state index is 0.139. The molecule has 2 aromatic carbocycles. The first-order valence-electron chi connectivity index (χ1n) is 8.25. The molecule has 6 heteroatoms. The summed E-state index contributed by atoms with van der Waals surface area (Å²) < 4.78 is 11.4. The van der Waals surface area contributed by atoms with Crippen LogP contribution in [-0.2, 0) is 0 Å². The third-order valence-electron chi connectivity index (χ3n) is 3.63. The second-order valence-corrected chi connectivity index (χ2v) is 5.71. The van der Waals surface area contributed by atoms with Gasteiger partial charge in [-0.25, -0.2) is 4.98 Å². The number of nitrogens with one attached hydrogen (secondary N) is 1. The zero-order chi connectivity index (χ0) is 18.5. The number of fused-ring (bicyclic) bond motifs is 1. The van der Waals surface area contributed by atoms with Crippen molar-refractivity contribution in [3.63, 3.8) is 0 Å². The first-order chi connectivity index (χ1) is 12.6. The van der Waals surface area contributed by atoms with Crippen LogP contribution in [0.3, 0.4) is 0 Å². The number of aromatic nitrogens is 2. The van der Waals surface area contributed by atoms with Gasteiger partial charge in [-0.15, -0.1) is 6.42 Å². The van der Waals surface area contributed by atoms with Gasteiger partial charge in [-0.3, -0.25) is 0 Å². The Morgan fingerprint density at radius 3 is 2.50 bits per heavy atom. The van der Waals surface area contributed by atoms with Crippen LogP contribution in [0.4, 0.5) is 11.5 Å². The van der Waals surface area contributed by atoms with Crippen LogP contribution < -0.4 is 14.8 Å². The van der Waals surface area contributed by atoms with E-state index in [-0.39, 0.29) is 5.28 Å². The van der Waals surface area contributed by atoms with Gasteiger partial charge in [-0.2, -0.15) is 4.98 Å². The summed E-state index contributed by atoms with van der Waals surface area (Å²) in [7, 11) is 0. The Morgan fingerprint density at radius 1 is 1.08 bits per heavy atom. The number of terminal acetylenes is 1. The van der Waals surface area contributed by atoms with E-state index in [1.165, 1.54) is 0 Å². The molecule has 0 unspecified atom stereocenters. The molecule has 0 aliphatic carbocycles. The van der Waals surface area contributed by atoms with Crippen molar-refractivity contribution in [1.82, 2.24) is 9.97 Å². The molecule has 0 bridgehead atoms. The van der Waals surface area contributed by atoms with E-state index in [9.17, 15) is 0 Å². The van der Waals surface area contributed by atoms with E-state index in [4.69, 9.17) is 27.5 Å². The van der Waals surface area contributed by atoms with Gasteiger partial charge in [0, 0.05) is 22.7 Å². The summed E-state index contributed by atoms with van der Waals surface area (Å²) >= 11 is 6.11. The summed E-state index contributed by atoms with van der Waals surface area (Å²) in [5.74, 6) is 4.44. The molecule has 0 spiro atoms. The zero-order valence-corrected chi connectivity index (χ0v) is 15.3. The summed E-state index contributed by atoms with van der Waals surface area (Å²) in [6.07, 6.45) is 5.47. The minimum Gasteiger partial charge on any atom is -0.490 e. The lowest BCUT2D eigenvalue weighted by Crippen LogP contribution is -2.01. The molecule has 0 aliphatic rings. The topological polar surface area (TPSA) is 56.3 Å². The van der Waals surface area contributed by atoms with Crippen LogP contribution in [0.1, 0.15) is 19.4 Å². The third kappa shape index (κ3) is 3.81. The van der Waals surface area contributed by atoms with Crippen molar-refractivity contribution in [3.05, 3.63) is 47.2 Å². The van der Waals surface area contributed by atoms with Gasteiger partial charge in [0.2, 0.25) is 5.28 Å². The highest BCUT2D eigenvalue weighted by atomic mass is 35.5. The highest BCUT2D eigenvalue weighted by Crippen LogP contribution is 2.36. The van der Waals surface area contributed by atoms with Gasteiger partial charge in [0.15, 0.2) is 11.5 Å². The summed E-state index contributed by atoms with van der Waals surface area (Å²) in [5, 5.41) is 4.17. The molecule has 0 aliphatic heterocycles. The van der Waals surface area contributed by atoms with Gasteiger partial charge < -0.3 is 14.8 Å². The maximum absolute atomic E-state index is 6.11. The Bertz CT molecular complexity index is 983. The molecule has 1 N–H and O–H groups in total. The Balaban J connectivity index is 2.11. The number of ether oxygens (including phenoxy) is 2. The molecular formula is C20H18ClN3O2. The fourth-order valence-electron chi connectivity index (χ4n) is 2.56. The van der Waals surface area contributed by atoms with E-state index in [1.807, 2.05) is 44.2 Å². The van der Waals surface area contributed by atoms with Crippen LogP contribution in [0.15, 0.2) is 36.4 Å². The summed E-state index contributed by atoms with van der Waals surface area (Å²) in [4.78, 5) is 8.63. The third-order valence-corrected chi connectivity index (χ3v) is 3.79. The smallest absolute Gasteiger partial charge is 0.224 e. The molecule has 1 aromatic heterocycles. The molecule has 3 rings (SSSR count). The molecule has 26 heavy (non-hydrogen) atoms. The standard InChI is InChI=1S/C20H18ClN3O2/c1-4-13-8-7-9-14(10-13)22-19-15-11-17(25-5-2)18(26-6-3)12-16(15)23-20(21)24-19/h1,7-12H,5-6H2,2-3H3,(H,22,23,24). The zero-order valence-electron chi connectivity index (χ0n) is 14.5. The highest BCUT2D eigenvalue weighted by Gasteiger charge is 2.14. The Hall–Kier alpha value is -2.97. The Labute approximate surface area is 157 Å². The molecule has 1 heterocycles. The number of rotatable bonds is 6. The first-order valence-corrected chi connectivity index (χ1v) is 8.63. The van der Waals surface area contributed by atoms with Gasteiger partial charge in [0.1, 0.15) is 5.82 Å². The van der Waals surface area contributed by atoms with Crippen LogP contribution in [0, 0.1) is 12.3 Å². The number of anilines is 2. The number of hydrogen-bond acceptors (Lipinski definition) is 5. The molecule has 0 amide bonds. The van der Waals surface area contributed by atoms with Crippen molar-refractivity contribution < 1.29 is 9.47 Å². The molecule has 132 valence electrons. The minimum atomic E-state index is 0.139. The largest absolute Gasteiger partial charge is 0.490 e. The van der Waals surface area contributed by atoms with E-state index in [0.29, 0.717) is 36.0 Å². The summed E-state index contributed by atoms with van der Waals surface area (Å²) in [5.41, 5.74) is 2.24. The van der Waals surface area contributed by atoms with Gasteiger partial charge in [-0.1, -0.05) is 12.0 Å². The van der Waals surface area contributed by atoms with Gasteiger partial charge in [0.05, 0.1) is 18.7 Å². The average molecular weight is 368 g/mol. The van der Waals surface area contributed by atoms with Crippen molar-refractivity contribution in [1.29, 1.82) is 0 Å². The SMILES string of the molecule is C#Cc1cccc(Nc2nc(Cl)nc3cc(OCC)c(OCC)cc23)c1. The molecule has 0 fully saturated rings. The molecule has 5 nitrogen and oxygen atoms in total. The maximum atomic E-state index is 6.11. The molecule has 0 saturated heterocycles. The van der Waals surface area contributed by atoms with Crippen LogP contribution >= 0.6 is 11.6 Å². The average Bonchev–Trinajstić information content (AvgIpc) is 2.63. The van der Waals surface area contributed by atoms with E-state index < -0.39 is 0 Å². The van der Waals surface area contributed by atoms with Crippen molar-refractivity contribution in [2.24, 2.45) is 0 Å². The van der Waals surface area contributed by atoms with Crippen molar-refractivity contribution >= 4 is 34.0 Å². The predicted molar refractivity (Wildman–Crippen MR) is 105 cm³/mol. The van der Waals surface area contributed by atoms with Gasteiger partial charge >= 0.3 is 0 Å². The molecular weight excluding hydrogens is 350 g/mol. The van der Waals surface area contributed by atoms with Crippen molar-refractivity contribution in [2.45, 2.75) is 13.8 Å². The Morgan fingerprint density at radius 2 is 1.81 bits per heavy atom. The van der Waals surface area contributed by atoms with Gasteiger partial charge in [0.25, 0.3) is 0 Å². The number of nitrogens with zero attached hydrogens (tertiary/aromatic N) is 2. The van der Waals surface area contributed by atoms with E-state index in [2.05, 4.69) is 21.2 Å². The quantitative estimate of drug-likeness (QED) is 0.500. The summed E-state index contributed by atoms with van der Waals surface area (Å²) in [6, 6.07) is 11.2. The van der Waals surface area contributed by atoms with E-state index >= 15 is 0 Å². The Kier molecular flexibility index (Phi) is 5.45. The first kappa shape index (κ1) is 17.8. The van der Waals surface area contributed by atoms with E-state index in [0.717, 1.165) is 16.6 Å². The molecule has 0 radical (unpaired) electrons.